The molecule has 0 amide bonds. The van der Waals surface area contributed by atoms with Crippen molar-refractivity contribution >= 4 is 0 Å². The molecule has 106 valence electrons. The van der Waals surface area contributed by atoms with Crippen molar-refractivity contribution in [1.82, 2.24) is 0 Å². The van der Waals surface area contributed by atoms with Gasteiger partial charge in [-0.15, -0.1) is 0 Å². The fourth-order valence-electron chi connectivity index (χ4n) is 2.67. The zero-order chi connectivity index (χ0) is 14.3. The summed E-state index contributed by atoms with van der Waals surface area (Å²) in [5.74, 6) is 0. The number of hydrogen-bond donors (Lipinski definition) is 0. The van der Waals surface area contributed by atoms with Gasteiger partial charge in [-0.1, -0.05) is 60.7 Å². The molecule has 2 aromatic carbocycles. The number of hydrogen-bond acceptors (Lipinski definition) is 0. The molecule has 1 heteroatoms. The molecule has 0 aromatic heterocycles. The second-order valence-corrected chi connectivity index (χ2v) is 6.25. The van der Waals surface area contributed by atoms with Gasteiger partial charge in [0.2, 0.25) is 0 Å². The van der Waals surface area contributed by atoms with Crippen molar-refractivity contribution < 1.29 is 4.48 Å². The van der Waals surface area contributed by atoms with E-state index in [0.717, 1.165) is 11.0 Å². The smallest absolute Gasteiger partial charge is 0.104 e. The molecule has 0 saturated carbocycles. The summed E-state index contributed by atoms with van der Waals surface area (Å²) in [6, 6.07) is 21.6. The summed E-state index contributed by atoms with van der Waals surface area (Å²) < 4.78 is 1.07. The van der Waals surface area contributed by atoms with E-state index in [4.69, 9.17) is 0 Å². The highest BCUT2D eigenvalue weighted by Crippen LogP contribution is 2.12. The van der Waals surface area contributed by atoms with E-state index in [-0.39, 0.29) is 0 Å². The lowest BCUT2D eigenvalue weighted by Gasteiger charge is -2.30. The van der Waals surface area contributed by atoms with Crippen LogP contribution in [-0.2, 0) is 13.0 Å². The lowest BCUT2D eigenvalue weighted by molar-refractivity contribution is -0.903. The molecule has 0 atom stereocenters. The molecule has 2 rings (SSSR count). The second-order valence-electron chi connectivity index (χ2n) is 6.25. The van der Waals surface area contributed by atoms with E-state index in [1.807, 2.05) is 0 Å². The third-order valence-corrected chi connectivity index (χ3v) is 3.78. The molecule has 0 aliphatic heterocycles. The summed E-state index contributed by atoms with van der Waals surface area (Å²) in [6.07, 6.45) is 3.77. The van der Waals surface area contributed by atoms with Gasteiger partial charge >= 0.3 is 0 Å². The highest BCUT2D eigenvalue weighted by atomic mass is 15.3. The summed E-state index contributed by atoms with van der Waals surface area (Å²) in [7, 11) is 4.66. The van der Waals surface area contributed by atoms with Crippen molar-refractivity contribution in [2.45, 2.75) is 25.8 Å². The number of benzene rings is 2. The summed E-state index contributed by atoms with van der Waals surface area (Å²) in [4.78, 5) is 0. The largest absolute Gasteiger partial charge is 0.325 e. The van der Waals surface area contributed by atoms with Gasteiger partial charge in [-0.25, -0.2) is 0 Å². The predicted molar refractivity (Wildman–Crippen MR) is 86.5 cm³/mol. The first-order chi connectivity index (χ1) is 9.66. The van der Waals surface area contributed by atoms with Gasteiger partial charge in [0.1, 0.15) is 6.54 Å². The zero-order valence-electron chi connectivity index (χ0n) is 12.8. The molecule has 0 aliphatic rings. The normalized spacial score (nSPS) is 11.5. The molecule has 0 heterocycles. The Morgan fingerprint density at radius 3 is 1.85 bits per heavy atom. The lowest BCUT2D eigenvalue weighted by Crippen LogP contribution is -2.39. The van der Waals surface area contributed by atoms with Gasteiger partial charge in [-0.05, 0) is 24.8 Å². The molecular weight excluding hydrogens is 242 g/mol. The van der Waals surface area contributed by atoms with Crippen LogP contribution in [0.1, 0.15) is 24.0 Å². The quantitative estimate of drug-likeness (QED) is 0.519. The molecule has 0 radical (unpaired) electrons. The van der Waals surface area contributed by atoms with E-state index in [1.54, 1.807) is 0 Å². The summed E-state index contributed by atoms with van der Waals surface area (Å²) >= 11 is 0. The van der Waals surface area contributed by atoms with Crippen molar-refractivity contribution in [3.05, 3.63) is 71.8 Å². The Kier molecular flexibility index (Phi) is 5.37. The van der Waals surface area contributed by atoms with Gasteiger partial charge < -0.3 is 4.48 Å². The Hall–Kier alpha value is -1.60. The minimum atomic E-state index is 1.07. The average molecular weight is 268 g/mol. The molecule has 20 heavy (non-hydrogen) atoms. The molecule has 0 fully saturated rings. The van der Waals surface area contributed by atoms with E-state index in [9.17, 15) is 0 Å². The molecule has 1 nitrogen and oxygen atoms in total. The Morgan fingerprint density at radius 2 is 1.25 bits per heavy atom. The first-order valence-corrected chi connectivity index (χ1v) is 7.56. The molecule has 0 unspecified atom stereocenters. The minimum Gasteiger partial charge on any atom is -0.325 e. The number of nitrogens with zero attached hydrogens (tertiary/aromatic N) is 1. The topological polar surface area (TPSA) is 0 Å². The van der Waals surface area contributed by atoms with Gasteiger partial charge in [0, 0.05) is 5.56 Å². The number of unbranched alkanes of at least 4 members (excludes halogenated alkanes) is 1. The molecule has 0 aliphatic carbocycles. The Morgan fingerprint density at radius 1 is 0.700 bits per heavy atom. The van der Waals surface area contributed by atoms with Gasteiger partial charge in [0.25, 0.3) is 0 Å². The Labute approximate surface area is 123 Å². The van der Waals surface area contributed by atoms with Gasteiger partial charge in [0.05, 0.1) is 20.6 Å². The molecule has 2 aromatic rings. The molecule has 0 saturated heterocycles. The van der Waals surface area contributed by atoms with E-state index < -0.39 is 0 Å². The first-order valence-electron chi connectivity index (χ1n) is 7.56. The zero-order valence-corrected chi connectivity index (χ0v) is 12.8. The van der Waals surface area contributed by atoms with Crippen LogP contribution in [0.15, 0.2) is 60.7 Å². The van der Waals surface area contributed by atoms with Crippen molar-refractivity contribution in [1.29, 1.82) is 0 Å². The SMILES string of the molecule is C[N+](C)(CCCCc1ccccc1)Cc1ccccc1. The molecule has 0 N–H and O–H groups in total. The molecule has 0 bridgehead atoms. The fourth-order valence-corrected chi connectivity index (χ4v) is 2.67. The van der Waals surface area contributed by atoms with Crippen LogP contribution >= 0.6 is 0 Å². The van der Waals surface area contributed by atoms with Crippen LogP contribution in [0, 0.1) is 0 Å². The highest BCUT2D eigenvalue weighted by Gasteiger charge is 2.14. The van der Waals surface area contributed by atoms with Gasteiger partial charge in [-0.2, -0.15) is 0 Å². The van der Waals surface area contributed by atoms with Crippen molar-refractivity contribution in [2.75, 3.05) is 20.6 Å². The van der Waals surface area contributed by atoms with E-state index in [2.05, 4.69) is 74.8 Å². The second kappa shape index (κ2) is 7.25. The van der Waals surface area contributed by atoms with Crippen LogP contribution < -0.4 is 0 Å². The van der Waals surface area contributed by atoms with E-state index in [1.165, 1.54) is 36.9 Å². The molecular formula is C19H26N+. The van der Waals surface area contributed by atoms with Crippen molar-refractivity contribution in [2.24, 2.45) is 0 Å². The minimum absolute atomic E-state index is 1.07. The summed E-state index contributed by atoms with van der Waals surface area (Å²) in [6.45, 7) is 2.36. The number of quaternary nitrogens is 1. The van der Waals surface area contributed by atoms with Crippen LogP contribution in [-0.4, -0.2) is 25.1 Å². The van der Waals surface area contributed by atoms with Crippen LogP contribution in [0.2, 0.25) is 0 Å². The van der Waals surface area contributed by atoms with Crippen molar-refractivity contribution in [3.8, 4) is 0 Å². The van der Waals surface area contributed by atoms with E-state index >= 15 is 0 Å². The summed E-state index contributed by atoms with van der Waals surface area (Å²) in [5.41, 5.74) is 2.89. The Bertz CT molecular complexity index is 488. The maximum Gasteiger partial charge on any atom is 0.104 e. The Balaban J connectivity index is 1.72. The third-order valence-electron chi connectivity index (χ3n) is 3.78. The van der Waals surface area contributed by atoms with Crippen LogP contribution in [0.3, 0.4) is 0 Å². The highest BCUT2D eigenvalue weighted by molar-refractivity contribution is 5.14. The van der Waals surface area contributed by atoms with Crippen LogP contribution in [0.5, 0.6) is 0 Å². The first kappa shape index (κ1) is 14.8. The maximum absolute atomic E-state index is 2.33. The third kappa shape index (κ3) is 5.18. The fraction of sp³-hybridized carbons (Fsp3) is 0.368. The van der Waals surface area contributed by atoms with Crippen LogP contribution in [0.25, 0.3) is 0 Å². The summed E-state index contributed by atoms with van der Waals surface area (Å²) in [5, 5.41) is 0. The molecule has 0 spiro atoms. The van der Waals surface area contributed by atoms with Gasteiger partial charge in [0.15, 0.2) is 0 Å². The number of rotatable bonds is 7. The standard InChI is InChI=1S/C19H26N/c1-20(2,17-19-14-7-4-8-15-19)16-10-9-13-18-11-5-3-6-12-18/h3-8,11-12,14-15H,9-10,13,16-17H2,1-2H3/q+1. The number of aryl methyl sites for hydroxylation is 1. The van der Waals surface area contributed by atoms with E-state index in [0.29, 0.717) is 0 Å². The van der Waals surface area contributed by atoms with Gasteiger partial charge in [-0.3, -0.25) is 0 Å². The predicted octanol–water partition coefficient (Wildman–Crippen LogP) is 4.29. The lowest BCUT2D eigenvalue weighted by atomic mass is 10.1. The van der Waals surface area contributed by atoms with Crippen molar-refractivity contribution in [3.63, 3.8) is 0 Å². The average Bonchev–Trinajstić information content (AvgIpc) is 2.45. The van der Waals surface area contributed by atoms with Crippen LogP contribution in [0.4, 0.5) is 0 Å². The monoisotopic (exact) mass is 268 g/mol. The maximum atomic E-state index is 2.33.